The van der Waals surface area contributed by atoms with Gasteiger partial charge in [0.15, 0.2) is 5.75 Å². The summed E-state index contributed by atoms with van der Waals surface area (Å²) in [6, 6.07) is 22.2. The molecule has 0 spiro atoms. The molecule has 0 saturated carbocycles. The van der Waals surface area contributed by atoms with Crippen LogP contribution in [0, 0.1) is 16.0 Å². The molecule has 0 saturated heterocycles. The average Bonchev–Trinajstić information content (AvgIpc) is 3.28. The van der Waals surface area contributed by atoms with Crippen LogP contribution in [0.3, 0.4) is 0 Å². The Labute approximate surface area is 175 Å². The van der Waals surface area contributed by atoms with Crippen LogP contribution in [0.5, 0.6) is 5.75 Å². The minimum atomic E-state index is -0.379. The molecule has 1 aliphatic carbocycles. The van der Waals surface area contributed by atoms with E-state index in [9.17, 15) is 10.1 Å². The van der Waals surface area contributed by atoms with Gasteiger partial charge in [-0.2, -0.15) is 0 Å². The molecule has 3 aromatic rings. The summed E-state index contributed by atoms with van der Waals surface area (Å²) in [5, 5.41) is 15.2. The Hall–Kier alpha value is -3.60. The number of anilines is 1. The van der Waals surface area contributed by atoms with Crippen molar-refractivity contribution in [2.75, 3.05) is 12.4 Å². The van der Waals surface area contributed by atoms with Gasteiger partial charge in [-0.15, -0.1) is 0 Å². The van der Waals surface area contributed by atoms with E-state index in [-0.39, 0.29) is 28.3 Å². The van der Waals surface area contributed by atoms with Crippen LogP contribution < -0.4 is 10.1 Å². The first-order chi connectivity index (χ1) is 14.7. The van der Waals surface area contributed by atoms with Crippen LogP contribution in [0.25, 0.3) is 11.1 Å². The SMILES string of the molecule is COc1ccc([C@H]2Nc3ccc(-c4ccccc4)cc3[C@@H]3C=CC[C@@H]23)cc1[N+](=O)[O-]. The molecule has 1 aliphatic heterocycles. The number of benzene rings is 3. The minimum Gasteiger partial charge on any atom is -0.490 e. The van der Waals surface area contributed by atoms with Crippen molar-refractivity contribution in [2.45, 2.75) is 18.4 Å². The maximum atomic E-state index is 11.5. The predicted octanol–water partition coefficient (Wildman–Crippen LogP) is 6.10. The Bertz CT molecular complexity index is 1140. The summed E-state index contributed by atoms with van der Waals surface area (Å²) in [5.41, 5.74) is 5.70. The van der Waals surface area contributed by atoms with Crippen molar-refractivity contribution >= 4 is 11.4 Å². The Morgan fingerprint density at radius 3 is 2.63 bits per heavy atom. The molecule has 1 heterocycles. The van der Waals surface area contributed by atoms with Gasteiger partial charge < -0.3 is 10.1 Å². The number of hydrogen-bond acceptors (Lipinski definition) is 4. The summed E-state index contributed by atoms with van der Waals surface area (Å²) in [6.45, 7) is 0. The fourth-order valence-electron chi connectivity index (χ4n) is 4.78. The van der Waals surface area contributed by atoms with E-state index >= 15 is 0 Å². The number of methoxy groups -OCH3 is 1. The number of fused-ring (bicyclic) bond motifs is 3. The van der Waals surface area contributed by atoms with Crippen molar-refractivity contribution < 1.29 is 9.66 Å². The van der Waals surface area contributed by atoms with E-state index in [1.54, 1.807) is 12.1 Å². The second-order valence-electron chi connectivity index (χ2n) is 7.83. The van der Waals surface area contributed by atoms with Gasteiger partial charge in [-0.1, -0.05) is 54.6 Å². The second kappa shape index (κ2) is 7.34. The first-order valence-corrected chi connectivity index (χ1v) is 10.1. The third-order valence-electron chi connectivity index (χ3n) is 6.23. The smallest absolute Gasteiger partial charge is 0.311 e. The largest absolute Gasteiger partial charge is 0.490 e. The maximum absolute atomic E-state index is 11.5. The molecule has 0 fully saturated rings. The number of hydrogen-bond donors (Lipinski definition) is 1. The van der Waals surface area contributed by atoms with E-state index in [1.807, 2.05) is 12.1 Å². The van der Waals surface area contributed by atoms with E-state index in [2.05, 4.69) is 59.9 Å². The Balaban J connectivity index is 1.55. The van der Waals surface area contributed by atoms with Gasteiger partial charge in [-0.25, -0.2) is 0 Å². The zero-order chi connectivity index (χ0) is 20.7. The van der Waals surface area contributed by atoms with Crippen molar-refractivity contribution in [3.8, 4) is 16.9 Å². The highest BCUT2D eigenvalue weighted by atomic mass is 16.6. The monoisotopic (exact) mass is 398 g/mol. The van der Waals surface area contributed by atoms with Crippen LogP contribution in [0.15, 0.2) is 78.9 Å². The molecular formula is C25H22N2O3. The highest BCUT2D eigenvalue weighted by molar-refractivity contribution is 5.71. The van der Waals surface area contributed by atoms with Crippen molar-refractivity contribution in [3.63, 3.8) is 0 Å². The summed E-state index contributed by atoms with van der Waals surface area (Å²) in [5.74, 6) is 0.890. The molecule has 30 heavy (non-hydrogen) atoms. The maximum Gasteiger partial charge on any atom is 0.311 e. The normalized spacial score (nSPS) is 21.4. The van der Waals surface area contributed by atoms with Gasteiger partial charge >= 0.3 is 5.69 Å². The fourth-order valence-corrected chi connectivity index (χ4v) is 4.78. The van der Waals surface area contributed by atoms with Crippen LogP contribution in [0.1, 0.15) is 29.5 Å². The first kappa shape index (κ1) is 18.4. The molecule has 150 valence electrons. The second-order valence-corrected chi connectivity index (χ2v) is 7.83. The van der Waals surface area contributed by atoms with Gasteiger partial charge in [0.05, 0.1) is 18.1 Å². The summed E-state index contributed by atoms with van der Waals surface area (Å²) >= 11 is 0. The molecule has 0 aromatic heterocycles. The number of allylic oxidation sites excluding steroid dienone is 2. The van der Waals surface area contributed by atoms with Crippen LogP contribution in [-0.4, -0.2) is 12.0 Å². The van der Waals surface area contributed by atoms with Crippen LogP contribution in [0.4, 0.5) is 11.4 Å². The standard InChI is InChI=1S/C25H22N2O3/c1-30-24-13-11-18(15-23(24)27(28)29)25-20-9-5-8-19(20)21-14-17(10-12-22(21)26-25)16-6-3-2-4-7-16/h2-8,10-15,19-20,25-26H,9H2,1H3/t19-,20-,25-/m1/s1. The van der Waals surface area contributed by atoms with E-state index in [1.165, 1.54) is 23.8 Å². The van der Waals surface area contributed by atoms with Gasteiger partial charge in [0.25, 0.3) is 0 Å². The molecule has 0 unspecified atom stereocenters. The zero-order valence-electron chi connectivity index (χ0n) is 16.6. The zero-order valence-corrected chi connectivity index (χ0v) is 16.6. The number of rotatable bonds is 4. The van der Waals surface area contributed by atoms with Crippen molar-refractivity contribution in [1.29, 1.82) is 0 Å². The Morgan fingerprint density at radius 2 is 1.87 bits per heavy atom. The van der Waals surface area contributed by atoms with Crippen LogP contribution in [-0.2, 0) is 0 Å². The Morgan fingerprint density at radius 1 is 1.03 bits per heavy atom. The van der Waals surface area contributed by atoms with E-state index in [0.717, 1.165) is 17.7 Å². The van der Waals surface area contributed by atoms with Crippen molar-refractivity contribution in [1.82, 2.24) is 0 Å². The quantitative estimate of drug-likeness (QED) is 0.328. The third kappa shape index (κ3) is 3.03. The van der Waals surface area contributed by atoms with E-state index < -0.39 is 0 Å². The van der Waals surface area contributed by atoms with Gasteiger partial charge in [0, 0.05) is 17.7 Å². The highest BCUT2D eigenvalue weighted by Gasteiger charge is 2.38. The first-order valence-electron chi connectivity index (χ1n) is 10.1. The molecular weight excluding hydrogens is 376 g/mol. The fraction of sp³-hybridized carbons (Fsp3) is 0.200. The van der Waals surface area contributed by atoms with Crippen molar-refractivity contribution in [2.24, 2.45) is 5.92 Å². The number of nitrogens with zero attached hydrogens (tertiary/aromatic N) is 1. The molecule has 5 rings (SSSR count). The lowest BCUT2D eigenvalue weighted by Gasteiger charge is -2.37. The molecule has 1 N–H and O–H groups in total. The number of nitrogens with one attached hydrogen (secondary N) is 1. The molecule has 0 amide bonds. The van der Waals surface area contributed by atoms with Gasteiger partial charge in [0.2, 0.25) is 0 Å². The molecule has 2 aliphatic rings. The molecule has 0 radical (unpaired) electrons. The topological polar surface area (TPSA) is 64.4 Å². The lowest BCUT2D eigenvalue weighted by atomic mass is 9.76. The summed E-state index contributed by atoms with van der Waals surface area (Å²) < 4.78 is 5.17. The summed E-state index contributed by atoms with van der Waals surface area (Å²) in [4.78, 5) is 11.1. The minimum absolute atomic E-state index is 0.00419. The molecule has 3 atom stereocenters. The molecule has 5 nitrogen and oxygen atoms in total. The number of nitro benzene ring substituents is 1. The summed E-state index contributed by atoms with van der Waals surface area (Å²) in [7, 11) is 1.46. The molecule has 5 heteroatoms. The van der Waals surface area contributed by atoms with Crippen molar-refractivity contribution in [3.05, 3.63) is 100 Å². The molecule has 0 bridgehead atoms. The Kier molecular flexibility index (Phi) is 4.51. The number of nitro groups is 1. The lowest BCUT2D eigenvalue weighted by Crippen LogP contribution is -2.29. The van der Waals surface area contributed by atoms with Gasteiger partial charge in [0.1, 0.15) is 0 Å². The predicted molar refractivity (Wildman–Crippen MR) is 118 cm³/mol. The summed E-state index contributed by atoms with van der Waals surface area (Å²) in [6.07, 6.45) is 5.45. The lowest BCUT2D eigenvalue weighted by molar-refractivity contribution is -0.385. The van der Waals surface area contributed by atoms with E-state index in [4.69, 9.17) is 4.74 Å². The van der Waals surface area contributed by atoms with Gasteiger partial charge in [-0.05, 0) is 52.8 Å². The number of ether oxygens (including phenoxy) is 1. The average molecular weight is 398 g/mol. The van der Waals surface area contributed by atoms with Gasteiger partial charge in [-0.3, -0.25) is 10.1 Å². The van der Waals surface area contributed by atoms with E-state index in [0.29, 0.717) is 5.92 Å². The molecule has 3 aromatic carbocycles. The third-order valence-corrected chi connectivity index (χ3v) is 6.23. The van der Waals surface area contributed by atoms with Crippen LogP contribution in [0.2, 0.25) is 0 Å². The highest BCUT2D eigenvalue weighted by Crippen LogP contribution is 2.51. The van der Waals surface area contributed by atoms with Crippen LogP contribution >= 0.6 is 0 Å².